The summed E-state index contributed by atoms with van der Waals surface area (Å²) in [5.74, 6) is -1.66. The summed E-state index contributed by atoms with van der Waals surface area (Å²) in [5.41, 5.74) is 1.35. The molecule has 0 fully saturated rings. The van der Waals surface area contributed by atoms with E-state index in [1.807, 2.05) is 0 Å². The highest BCUT2D eigenvalue weighted by Crippen LogP contribution is 2.41. The normalized spacial score (nSPS) is 18.6. The molecule has 0 radical (unpaired) electrons. The molecular weight excluding hydrogens is 389 g/mol. The molecule has 0 saturated carbocycles. The first-order valence-electron chi connectivity index (χ1n) is 8.68. The van der Waals surface area contributed by atoms with Crippen LogP contribution in [0.5, 0.6) is 5.75 Å². The summed E-state index contributed by atoms with van der Waals surface area (Å²) in [6.07, 6.45) is -2.31. The van der Waals surface area contributed by atoms with Crippen molar-refractivity contribution in [1.82, 2.24) is 0 Å². The van der Waals surface area contributed by atoms with Crippen molar-refractivity contribution >= 4 is 29.2 Å². The number of benzene rings is 2. The summed E-state index contributed by atoms with van der Waals surface area (Å²) >= 11 is 6.14. The zero-order valence-corrected chi connectivity index (χ0v) is 16.1. The van der Waals surface area contributed by atoms with Gasteiger partial charge >= 0.3 is 5.97 Å². The lowest BCUT2D eigenvalue weighted by atomic mass is 9.98. The molecule has 2 aromatic carbocycles. The Hall–Kier alpha value is -2.64. The molecule has 3 rings (SSSR count). The fraction of sp³-hybridized carbons (Fsp3) is 0.300. The van der Waals surface area contributed by atoms with Crippen LogP contribution >= 0.6 is 11.6 Å². The number of ether oxygens (including phenoxy) is 3. The van der Waals surface area contributed by atoms with E-state index in [0.717, 1.165) is 0 Å². The number of methoxy groups -OCH3 is 1. The third kappa shape index (κ3) is 4.10. The second-order valence-electron chi connectivity index (χ2n) is 6.10. The maximum Gasteiger partial charge on any atom is 0.308 e. The number of rotatable bonds is 5. The summed E-state index contributed by atoms with van der Waals surface area (Å²) in [6, 6.07) is 9.28. The number of hydrogen-bond acceptors (Lipinski definition) is 5. The van der Waals surface area contributed by atoms with Gasteiger partial charge in [-0.2, -0.15) is 0 Å². The van der Waals surface area contributed by atoms with Gasteiger partial charge in [-0.15, -0.1) is 0 Å². The van der Waals surface area contributed by atoms with Gasteiger partial charge in [0.15, 0.2) is 11.6 Å². The molecule has 2 atom stereocenters. The molecule has 1 aliphatic rings. The van der Waals surface area contributed by atoms with Crippen molar-refractivity contribution in [3.8, 4) is 5.75 Å². The van der Waals surface area contributed by atoms with E-state index in [1.165, 1.54) is 19.2 Å². The van der Waals surface area contributed by atoms with Crippen molar-refractivity contribution in [2.45, 2.75) is 25.6 Å². The number of carbonyl (C=O) groups excluding carboxylic acids is 2. The van der Waals surface area contributed by atoms with E-state index in [0.29, 0.717) is 21.8 Å². The van der Waals surface area contributed by atoms with Crippen LogP contribution in [-0.2, 0) is 19.1 Å². The number of nitrogens with one attached hydrogen (secondary N) is 1. The van der Waals surface area contributed by atoms with E-state index in [4.69, 9.17) is 25.8 Å². The van der Waals surface area contributed by atoms with Crippen molar-refractivity contribution in [1.29, 1.82) is 0 Å². The predicted molar refractivity (Wildman–Crippen MR) is 101 cm³/mol. The van der Waals surface area contributed by atoms with E-state index in [-0.39, 0.29) is 18.8 Å². The Kier molecular flexibility index (Phi) is 6.16. The average molecular weight is 408 g/mol. The van der Waals surface area contributed by atoms with Crippen molar-refractivity contribution in [2.24, 2.45) is 0 Å². The number of para-hydroxylation sites is 1. The minimum atomic E-state index is -1.14. The van der Waals surface area contributed by atoms with Crippen LogP contribution in [0.3, 0.4) is 0 Å². The van der Waals surface area contributed by atoms with Crippen LogP contribution < -0.4 is 10.1 Å². The lowest BCUT2D eigenvalue weighted by molar-refractivity contribution is -0.150. The number of carbonyl (C=O) groups is 2. The van der Waals surface area contributed by atoms with Gasteiger partial charge in [0.1, 0.15) is 12.2 Å². The molecule has 0 unspecified atom stereocenters. The van der Waals surface area contributed by atoms with E-state index in [1.54, 1.807) is 31.2 Å². The lowest BCUT2D eigenvalue weighted by Crippen LogP contribution is -2.32. The topological polar surface area (TPSA) is 73.9 Å². The Morgan fingerprint density at radius 3 is 2.79 bits per heavy atom. The zero-order chi connectivity index (χ0) is 20.3. The Morgan fingerprint density at radius 2 is 2.07 bits per heavy atom. The summed E-state index contributed by atoms with van der Waals surface area (Å²) < 4.78 is 30.4. The molecule has 1 aliphatic heterocycles. The van der Waals surface area contributed by atoms with E-state index < -0.39 is 29.9 Å². The SMILES string of the molecule is CCOC(=O)C[C@@H]1O[C@@H](c2cccc(F)c2OC)c2cc(Cl)ccc2NC1=O. The van der Waals surface area contributed by atoms with Crippen molar-refractivity contribution in [3.63, 3.8) is 0 Å². The van der Waals surface area contributed by atoms with Gasteiger partial charge in [-0.05, 0) is 31.2 Å². The predicted octanol–water partition coefficient (Wildman–Crippen LogP) is 3.87. The van der Waals surface area contributed by atoms with E-state index >= 15 is 0 Å². The Labute approximate surface area is 166 Å². The fourth-order valence-electron chi connectivity index (χ4n) is 3.08. The average Bonchev–Trinajstić information content (AvgIpc) is 2.78. The highest BCUT2D eigenvalue weighted by molar-refractivity contribution is 6.30. The number of anilines is 1. The molecule has 0 aliphatic carbocycles. The van der Waals surface area contributed by atoms with Crippen LogP contribution in [0.4, 0.5) is 10.1 Å². The molecule has 148 valence electrons. The smallest absolute Gasteiger partial charge is 0.308 e. The van der Waals surface area contributed by atoms with E-state index in [9.17, 15) is 14.0 Å². The molecule has 0 saturated heterocycles. The third-order valence-electron chi connectivity index (χ3n) is 4.29. The van der Waals surface area contributed by atoms with Gasteiger partial charge in [0.25, 0.3) is 5.91 Å². The number of halogens is 2. The minimum Gasteiger partial charge on any atom is -0.493 e. The first-order chi connectivity index (χ1) is 13.4. The first kappa shape index (κ1) is 20.1. The molecule has 8 heteroatoms. The van der Waals surface area contributed by atoms with Gasteiger partial charge in [0.2, 0.25) is 0 Å². The van der Waals surface area contributed by atoms with Crippen LogP contribution in [0.15, 0.2) is 36.4 Å². The second kappa shape index (κ2) is 8.58. The molecule has 0 spiro atoms. The summed E-state index contributed by atoms with van der Waals surface area (Å²) in [7, 11) is 1.34. The van der Waals surface area contributed by atoms with Crippen LogP contribution in [0.2, 0.25) is 5.02 Å². The van der Waals surface area contributed by atoms with Gasteiger partial charge in [-0.3, -0.25) is 9.59 Å². The maximum atomic E-state index is 14.3. The fourth-order valence-corrected chi connectivity index (χ4v) is 3.26. The minimum absolute atomic E-state index is 0.0114. The van der Waals surface area contributed by atoms with Crippen LogP contribution in [0.25, 0.3) is 0 Å². The molecule has 1 amide bonds. The number of fused-ring (bicyclic) bond motifs is 1. The molecule has 1 heterocycles. The largest absolute Gasteiger partial charge is 0.493 e. The van der Waals surface area contributed by atoms with Crippen molar-refractivity contribution in [2.75, 3.05) is 19.0 Å². The van der Waals surface area contributed by atoms with Crippen molar-refractivity contribution in [3.05, 3.63) is 58.4 Å². The molecule has 2 aromatic rings. The number of esters is 1. The van der Waals surface area contributed by atoms with Gasteiger partial charge in [-0.1, -0.05) is 23.7 Å². The molecule has 0 bridgehead atoms. The molecule has 28 heavy (non-hydrogen) atoms. The quantitative estimate of drug-likeness (QED) is 0.762. The molecule has 6 nitrogen and oxygen atoms in total. The van der Waals surface area contributed by atoms with Gasteiger partial charge in [0.05, 0.1) is 20.1 Å². The summed E-state index contributed by atoms with van der Waals surface area (Å²) in [6.45, 7) is 1.86. The van der Waals surface area contributed by atoms with Gasteiger partial charge in [0, 0.05) is 21.8 Å². The van der Waals surface area contributed by atoms with Crippen LogP contribution in [0.1, 0.15) is 30.6 Å². The number of hydrogen-bond donors (Lipinski definition) is 1. The molecule has 1 N–H and O–H groups in total. The summed E-state index contributed by atoms with van der Waals surface area (Å²) in [4.78, 5) is 24.5. The highest BCUT2D eigenvalue weighted by atomic mass is 35.5. The number of amides is 1. The monoisotopic (exact) mass is 407 g/mol. The van der Waals surface area contributed by atoms with Crippen LogP contribution in [-0.4, -0.2) is 31.7 Å². The highest BCUT2D eigenvalue weighted by Gasteiger charge is 2.35. The Morgan fingerprint density at radius 1 is 1.29 bits per heavy atom. The zero-order valence-electron chi connectivity index (χ0n) is 15.3. The Balaban J connectivity index is 2.09. The Bertz CT molecular complexity index is 904. The molecule has 0 aromatic heterocycles. The summed E-state index contributed by atoms with van der Waals surface area (Å²) in [5, 5.41) is 3.15. The standard InChI is InChI=1S/C20H19ClFNO5/c1-3-27-17(24)10-16-20(25)23-15-8-7-11(21)9-13(15)18(28-16)12-5-4-6-14(22)19(12)26-2/h4-9,16,18H,3,10H2,1-2H3,(H,23,25)/t16-,18-/m0/s1. The van der Waals surface area contributed by atoms with Crippen molar-refractivity contribution < 1.29 is 28.2 Å². The molecular formula is C20H19ClFNO5. The van der Waals surface area contributed by atoms with E-state index in [2.05, 4.69) is 5.32 Å². The van der Waals surface area contributed by atoms with Crippen LogP contribution in [0, 0.1) is 5.82 Å². The third-order valence-corrected chi connectivity index (χ3v) is 4.52. The second-order valence-corrected chi connectivity index (χ2v) is 6.53. The lowest BCUT2D eigenvalue weighted by Gasteiger charge is -2.23. The van der Waals surface area contributed by atoms with Gasteiger partial charge < -0.3 is 19.5 Å². The van der Waals surface area contributed by atoms with Gasteiger partial charge in [-0.25, -0.2) is 4.39 Å². The first-order valence-corrected chi connectivity index (χ1v) is 9.06. The maximum absolute atomic E-state index is 14.3.